The van der Waals surface area contributed by atoms with Gasteiger partial charge in [-0.15, -0.1) is 0 Å². The van der Waals surface area contributed by atoms with Crippen molar-refractivity contribution in [2.75, 3.05) is 35.8 Å². The van der Waals surface area contributed by atoms with E-state index in [4.69, 9.17) is 4.74 Å². The summed E-state index contributed by atoms with van der Waals surface area (Å²) in [5.74, 6) is 0.570. The molecule has 1 aromatic carbocycles. The number of fused-ring (bicyclic) bond motifs is 1. The Morgan fingerprint density at radius 2 is 2.15 bits per heavy atom. The molecular weight excluding hydrogens is 334 g/mol. The molecule has 1 aliphatic rings. The fraction of sp³-hybridized carbons (Fsp3) is 0.333. The van der Waals surface area contributed by atoms with Gasteiger partial charge in [-0.3, -0.25) is 9.59 Å². The second-order valence-electron chi connectivity index (χ2n) is 6.14. The normalized spacial score (nSPS) is 16.3. The molecule has 0 fully saturated rings. The molecule has 1 atom stereocenters. The highest BCUT2D eigenvalue weighted by Gasteiger charge is 2.30. The number of nitrogens with one attached hydrogen (secondary N) is 1. The summed E-state index contributed by atoms with van der Waals surface area (Å²) in [6, 6.07) is 8.68. The first-order chi connectivity index (χ1) is 12.5. The summed E-state index contributed by atoms with van der Waals surface area (Å²) in [5, 5.41) is 2.85. The zero-order chi connectivity index (χ0) is 18.7. The molecule has 2 amide bonds. The number of benzene rings is 1. The molecule has 2 aromatic rings. The van der Waals surface area contributed by atoms with Gasteiger partial charge in [0.15, 0.2) is 0 Å². The quantitative estimate of drug-likeness (QED) is 0.898. The molecule has 0 saturated heterocycles. The van der Waals surface area contributed by atoms with Crippen molar-refractivity contribution < 1.29 is 14.3 Å². The first-order valence-electron chi connectivity index (χ1n) is 8.28. The molecule has 0 aliphatic carbocycles. The summed E-state index contributed by atoms with van der Waals surface area (Å²) in [5.41, 5.74) is 1.33. The van der Waals surface area contributed by atoms with Crippen LogP contribution in [-0.4, -0.2) is 48.5 Å². The summed E-state index contributed by atoms with van der Waals surface area (Å²) >= 11 is 0. The summed E-state index contributed by atoms with van der Waals surface area (Å²) in [4.78, 5) is 36.8. The van der Waals surface area contributed by atoms with Crippen LogP contribution in [0.1, 0.15) is 13.3 Å². The first kappa shape index (κ1) is 17.7. The molecule has 3 rings (SSSR count). The average molecular weight is 355 g/mol. The third-order valence-electron chi connectivity index (χ3n) is 4.17. The number of hydrogen-bond donors (Lipinski definition) is 1. The van der Waals surface area contributed by atoms with E-state index in [-0.39, 0.29) is 30.8 Å². The van der Waals surface area contributed by atoms with E-state index in [1.165, 1.54) is 7.11 Å². The van der Waals surface area contributed by atoms with Crippen LogP contribution in [0, 0.1) is 0 Å². The lowest BCUT2D eigenvalue weighted by atomic mass is 10.1. The Balaban J connectivity index is 1.85. The molecule has 8 nitrogen and oxygen atoms in total. The Kier molecular flexibility index (Phi) is 5.01. The second-order valence-corrected chi connectivity index (χ2v) is 6.14. The zero-order valence-corrected chi connectivity index (χ0v) is 15.0. The number of anilines is 3. The SMILES string of the molecule is COc1ccnc(N(C)CC(=O)N2c3ccccc3NC(=O)C[C@@H]2C)n1. The number of rotatable bonds is 4. The number of nitrogens with zero attached hydrogens (tertiary/aromatic N) is 4. The van der Waals surface area contributed by atoms with Crippen LogP contribution in [0.15, 0.2) is 36.5 Å². The van der Waals surface area contributed by atoms with Gasteiger partial charge in [0.2, 0.25) is 23.6 Å². The number of aromatic nitrogens is 2. The van der Waals surface area contributed by atoms with Crippen LogP contribution in [0.4, 0.5) is 17.3 Å². The van der Waals surface area contributed by atoms with Crippen molar-refractivity contribution in [1.82, 2.24) is 9.97 Å². The molecule has 26 heavy (non-hydrogen) atoms. The number of likely N-dealkylation sites (N-methyl/N-ethyl adjacent to an activating group) is 1. The molecule has 1 aliphatic heterocycles. The third-order valence-corrected chi connectivity index (χ3v) is 4.17. The summed E-state index contributed by atoms with van der Waals surface area (Å²) in [6.45, 7) is 1.93. The minimum atomic E-state index is -0.259. The highest BCUT2D eigenvalue weighted by molar-refractivity contribution is 6.05. The van der Waals surface area contributed by atoms with Gasteiger partial charge in [0.05, 0.1) is 25.0 Å². The Hall–Kier alpha value is -3.16. The van der Waals surface area contributed by atoms with E-state index in [0.717, 1.165) is 0 Å². The van der Waals surface area contributed by atoms with E-state index in [9.17, 15) is 9.59 Å². The van der Waals surface area contributed by atoms with Crippen LogP contribution in [0.2, 0.25) is 0 Å². The minimum absolute atomic E-state index is 0.0695. The third kappa shape index (κ3) is 3.58. The molecule has 1 aromatic heterocycles. The van der Waals surface area contributed by atoms with Crippen LogP contribution >= 0.6 is 0 Å². The minimum Gasteiger partial charge on any atom is -0.481 e. The Labute approximate surface area is 151 Å². The monoisotopic (exact) mass is 355 g/mol. The lowest BCUT2D eigenvalue weighted by molar-refractivity contribution is -0.118. The van der Waals surface area contributed by atoms with E-state index in [1.54, 1.807) is 35.2 Å². The van der Waals surface area contributed by atoms with Gasteiger partial charge in [0.25, 0.3) is 0 Å². The van der Waals surface area contributed by atoms with E-state index in [0.29, 0.717) is 23.2 Å². The van der Waals surface area contributed by atoms with Gasteiger partial charge < -0.3 is 19.9 Å². The second kappa shape index (κ2) is 7.38. The van der Waals surface area contributed by atoms with E-state index in [1.807, 2.05) is 25.1 Å². The molecule has 0 spiro atoms. The van der Waals surface area contributed by atoms with Crippen LogP contribution in [0.25, 0.3) is 0 Å². The van der Waals surface area contributed by atoms with Gasteiger partial charge in [0, 0.05) is 31.8 Å². The summed E-state index contributed by atoms with van der Waals surface area (Å²) < 4.78 is 5.10. The molecule has 0 bridgehead atoms. The van der Waals surface area contributed by atoms with Gasteiger partial charge in [-0.05, 0) is 19.1 Å². The van der Waals surface area contributed by atoms with Gasteiger partial charge >= 0.3 is 0 Å². The van der Waals surface area contributed by atoms with Crippen molar-refractivity contribution in [3.05, 3.63) is 36.5 Å². The highest BCUT2D eigenvalue weighted by atomic mass is 16.5. The van der Waals surface area contributed by atoms with Gasteiger partial charge in [-0.2, -0.15) is 4.98 Å². The number of ether oxygens (including phenoxy) is 1. The van der Waals surface area contributed by atoms with Crippen LogP contribution < -0.4 is 19.9 Å². The zero-order valence-electron chi connectivity index (χ0n) is 15.0. The number of carbonyl (C=O) groups excluding carboxylic acids is 2. The Bertz CT molecular complexity index is 826. The average Bonchev–Trinajstić information content (AvgIpc) is 2.75. The van der Waals surface area contributed by atoms with Crippen LogP contribution in [0.5, 0.6) is 5.88 Å². The topological polar surface area (TPSA) is 87.7 Å². The molecule has 2 heterocycles. The Morgan fingerprint density at radius 1 is 1.38 bits per heavy atom. The largest absolute Gasteiger partial charge is 0.481 e. The van der Waals surface area contributed by atoms with Crippen molar-refractivity contribution in [1.29, 1.82) is 0 Å². The summed E-state index contributed by atoms with van der Waals surface area (Å²) in [7, 11) is 3.27. The van der Waals surface area contributed by atoms with Crippen molar-refractivity contribution in [3.8, 4) is 5.88 Å². The van der Waals surface area contributed by atoms with Crippen molar-refractivity contribution in [2.45, 2.75) is 19.4 Å². The maximum Gasteiger partial charge on any atom is 0.246 e. The molecular formula is C18H21N5O3. The Morgan fingerprint density at radius 3 is 2.92 bits per heavy atom. The van der Waals surface area contributed by atoms with Crippen molar-refractivity contribution in [3.63, 3.8) is 0 Å². The van der Waals surface area contributed by atoms with E-state index in [2.05, 4.69) is 15.3 Å². The van der Waals surface area contributed by atoms with E-state index >= 15 is 0 Å². The fourth-order valence-electron chi connectivity index (χ4n) is 2.95. The van der Waals surface area contributed by atoms with Gasteiger partial charge in [0.1, 0.15) is 0 Å². The van der Waals surface area contributed by atoms with Crippen molar-refractivity contribution in [2.24, 2.45) is 0 Å². The van der Waals surface area contributed by atoms with Crippen LogP contribution in [-0.2, 0) is 9.59 Å². The maximum absolute atomic E-state index is 13.0. The van der Waals surface area contributed by atoms with Gasteiger partial charge in [-0.25, -0.2) is 4.98 Å². The smallest absolute Gasteiger partial charge is 0.246 e. The van der Waals surface area contributed by atoms with Crippen molar-refractivity contribution >= 4 is 29.1 Å². The standard InChI is InChI=1S/C18H21N5O3/c1-12-10-15(24)20-13-6-4-5-7-14(13)23(12)17(25)11-22(2)18-19-9-8-16(21-18)26-3/h4-9,12H,10-11H2,1-3H3,(H,20,24)/t12-/m0/s1. The van der Waals surface area contributed by atoms with E-state index < -0.39 is 0 Å². The number of hydrogen-bond acceptors (Lipinski definition) is 6. The molecule has 8 heteroatoms. The van der Waals surface area contributed by atoms with Crippen LogP contribution in [0.3, 0.4) is 0 Å². The molecule has 1 N–H and O–H groups in total. The number of carbonyl (C=O) groups is 2. The fourth-order valence-corrected chi connectivity index (χ4v) is 2.95. The molecule has 0 saturated carbocycles. The predicted octanol–water partition coefficient (Wildman–Crippen LogP) is 1.69. The molecule has 0 radical (unpaired) electrons. The van der Waals surface area contributed by atoms with Gasteiger partial charge in [-0.1, -0.05) is 12.1 Å². The molecule has 0 unspecified atom stereocenters. The first-order valence-corrected chi connectivity index (χ1v) is 8.28. The molecule has 136 valence electrons. The maximum atomic E-state index is 13.0. The number of para-hydroxylation sites is 2. The summed E-state index contributed by atoms with van der Waals surface area (Å²) in [6.07, 6.45) is 1.81. The lowest BCUT2D eigenvalue weighted by Gasteiger charge is -2.29. The number of amides is 2. The lowest BCUT2D eigenvalue weighted by Crippen LogP contribution is -2.44. The predicted molar refractivity (Wildman–Crippen MR) is 98.5 cm³/mol. The number of methoxy groups -OCH3 is 1. The highest BCUT2D eigenvalue weighted by Crippen LogP contribution is 2.31.